The summed E-state index contributed by atoms with van der Waals surface area (Å²) in [4.78, 5) is 22.6. The van der Waals surface area contributed by atoms with Gasteiger partial charge in [-0.15, -0.1) is 16.4 Å². The first-order valence-corrected chi connectivity index (χ1v) is 8.83. The van der Waals surface area contributed by atoms with Crippen molar-refractivity contribution in [2.45, 2.75) is 0 Å². The first-order valence-electron chi connectivity index (χ1n) is 7.96. The van der Waals surface area contributed by atoms with Crippen molar-refractivity contribution >= 4 is 22.4 Å². The first-order chi connectivity index (χ1) is 13.1. The lowest BCUT2D eigenvalue weighted by atomic mass is 10.1. The van der Waals surface area contributed by atoms with E-state index in [9.17, 15) is 9.18 Å². The third-order valence-electron chi connectivity index (χ3n) is 3.70. The molecule has 3 aromatic heterocycles. The number of aryl methyl sites for hydroxylation is 1. The molecule has 0 aliphatic heterocycles. The Morgan fingerprint density at radius 2 is 1.93 bits per heavy atom. The van der Waals surface area contributed by atoms with Crippen LogP contribution in [0.4, 0.5) is 9.52 Å². The van der Waals surface area contributed by atoms with Crippen LogP contribution in [-0.2, 0) is 7.05 Å². The molecule has 0 aliphatic rings. The number of rotatable bonds is 4. The van der Waals surface area contributed by atoms with Gasteiger partial charge in [-0.1, -0.05) is 6.07 Å². The van der Waals surface area contributed by atoms with Crippen LogP contribution in [0, 0.1) is 5.82 Å². The number of carbonyl (C=O) groups is 1. The molecular formula is C18H13FN6OS. The van der Waals surface area contributed by atoms with Gasteiger partial charge in [0.2, 0.25) is 0 Å². The molecule has 0 saturated heterocycles. The minimum atomic E-state index is -0.440. The summed E-state index contributed by atoms with van der Waals surface area (Å²) in [5, 5.41) is 13.3. The first kappa shape index (κ1) is 17.0. The molecule has 0 unspecified atom stereocenters. The van der Waals surface area contributed by atoms with Crippen molar-refractivity contribution in [3.63, 3.8) is 0 Å². The average Bonchev–Trinajstić information content (AvgIpc) is 3.30. The van der Waals surface area contributed by atoms with Crippen LogP contribution in [-0.4, -0.2) is 30.9 Å². The van der Waals surface area contributed by atoms with Gasteiger partial charge < -0.3 is 0 Å². The van der Waals surface area contributed by atoms with Gasteiger partial charge >= 0.3 is 0 Å². The van der Waals surface area contributed by atoms with E-state index in [1.807, 2.05) is 23.6 Å². The number of aromatic nitrogens is 5. The van der Waals surface area contributed by atoms with Gasteiger partial charge in [0.05, 0.1) is 5.69 Å². The highest BCUT2D eigenvalue weighted by molar-refractivity contribution is 7.14. The Balaban J connectivity index is 1.59. The maximum absolute atomic E-state index is 13.2. The Morgan fingerprint density at radius 3 is 2.67 bits per heavy atom. The average molecular weight is 380 g/mol. The minimum absolute atomic E-state index is 0.138. The predicted molar refractivity (Wildman–Crippen MR) is 99.7 cm³/mol. The molecule has 3 heterocycles. The normalized spacial score (nSPS) is 10.7. The molecule has 0 bridgehead atoms. The van der Waals surface area contributed by atoms with E-state index in [0.29, 0.717) is 22.1 Å². The van der Waals surface area contributed by atoms with Crippen LogP contribution < -0.4 is 5.32 Å². The number of hydrogen-bond acceptors (Lipinski definition) is 6. The maximum atomic E-state index is 13.2. The van der Waals surface area contributed by atoms with Crippen LogP contribution in [0.25, 0.3) is 22.6 Å². The van der Waals surface area contributed by atoms with Crippen molar-refractivity contribution in [3.8, 4) is 22.6 Å². The number of hydrogen-bond donors (Lipinski definition) is 1. The Hall–Kier alpha value is -3.46. The van der Waals surface area contributed by atoms with Crippen LogP contribution in [0.1, 0.15) is 10.5 Å². The van der Waals surface area contributed by atoms with Crippen LogP contribution in [0.2, 0.25) is 0 Å². The van der Waals surface area contributed by atoms with E-state index in [2.05, 4.69) is 25.5 Å². The van der Waals surface area contributed by atoms with E-state index in [0.717, 1.165) is 5.69 Å². The second kappa shape index (κ2) is 7.04. The molecule has 0 radical (unpaired) electrons. The van der Waals surface area contributed by atoms with Crippen LogP contribution >= 0.6 is 11.3 Å². The lowest BCUT2D eigenvalue weighted by Gasteiger charge is -2.01. The highest BCUT2D eigenvalue weighted by Gasteiger charge is 2.20. The Kier molecular flexibility index (Phi) is 4.43. The molecule has 0 aliphatic carbocycles. The number of carbonyl (C=O) groups excluding carboxylic acids is 1. The molecule has 0 fully saturated rings. The van der Waals surface area contributed by atoms with Crippen LogP contribution in [0.15, 0.2) is 54.0 Å². The van der Waals surface area contributed by atoms with E-state index >= 15 is 0 Å². The van der Waals surface area contributed by atoms with E-state index in [4.69, 9.17) is 0 Å². The third-order valence-corrected chi connectivity index (χ3v) is 4.46. The summed E-state index contributed by atoms with van der Waals surface area (Å²) in [6, 6.07) is 11.3. The fraction of sp³-hybridized carbons (Fsp3) is 0.0556. The quantitative estimate of drug-likeness (QED) is 0.587. The highest BCUT2D eigenvalue weighted by atomic mass is 32.1. The van der Waals surface area contributed by atoms with E-state index in [1.165, 1.54) is 28.3 Å². The van der Waals surface area contributed by atoms with Crippen molar-refractivity contribution < 1.29 is 9.18 Å². The molecule has 7 nitrogen and oxygen atoms in total. The summed E-state index contributed by atoms with van der Waals surface area (Å²) < 4.78 is 13.2. The lowest BCUT2D eigenvalue weighted by Crippen LogP contribution is -2.14. The Labute approximate surface area is 157 Å². The molecule has 134 valence electrons. The number of benzene rings is 1. The summed E-state index contributed by atoms with van der Waals surface area (Å²) in [6.07, 6.45) is 1.68. The maximum Gasteiger partial charge on any atom is 0.280 e. The summed E-state index contributed by atoms with van der Waals surface area (Å²) in [5.41, 5.74) is 2.51. The molecule has 0 atom stereocenters. The summed E-state index contributed by atoms with van der Waals surface area (Å²) in [7, 11) is 1.62. The fourth-order valence-electron chi connectivity index (χ4n) is 2.48. The van der Waals surface area contributed by atoms with Gasteiger partial charge in [0.25, 0.3) is 5.91 Å². The number of halogens is 1. The SMILES string of the molecule is Cn1nc(C(=O)Nc2nc(-c3ccccn3)cs2)c(-c2ccc(F)cc2)n1. The largest absolute Gasteiger partial charge is 0.296 e. The zero-order chi connectivity index (χ0) is 18.8. The van der Waals surface area contributed by atoms with Gasteiger partial charge in [0.1, 0.15) is 17.2 Å². The number of anilines is 1. The number of thiazole rings is 1. The molecular weight excluding hydrogens is 367 g/mol. The Bertz CT molecular complexity index is 1090. The van der Waals surface area contributed by atoms with Crippen molar-refractivity contribution in [3.05, 3.63) is 65.6 Å². The summed E-state index contributed by atoms with van der Waals surface area (Å²) >= 11 is 1.29. The van der Waals surface area contributed by atoms with Gasteiger partial charge in [0.15, 0.2) is 10.8 Å². The van der Waals surface area contributed by atoms with Crippen LogP contribution in [0.3, 0.4) is 0 Å². The Morgan fingerprint density at radius 1 is 1.11 bits per heavy atom. The van der Waals surface area contributed by atoms with Gasteiger partial charge in [-0.2, -0.15) is 9.90 Å². The molecule has 4 aromatic rings. The molecule has 0 saturated carbocycles. The fourth-order valence-corrected chi connectivity index (χ4v) is 3.18. The zero-order valence-electron chi connectivity index (χ0n) is 14.1. The van der Waals surface area contributed by atoms with Gasteiger partial charge in [-0.25, -0.2) is 9.37 Å². The smallest absolute Gasteiger partial charge is 0.280 e. The second-order valence-electron chi connectivity index (χ2n) is 5.60. The lowest BCUT2D eigenvalue weighted by molar-refractivity contribution is 0.102. The second-order valence-corrected chi connectivity index (χ2v) is 6.46. The van der Waals surface area contributed by atoms with Crippen molar-refractivity contribution in [1.82, 2.24) is 25.0 Å². The molecule has 9 heteroatoms. The van der Waals surface area contributed by atoms with Gasteiger partial charge in [-0.3, -0.25) is 15.1 Å². The molecule has 4 rings (SSSR count). The molecule has 1 amide bonds. The number of nitrogens with one attached hydrogen (secondary N) is 1. The van der Waals surface area contributed by atoms with Crippen LogP contribution in [0.5, 0.6) is 0 Å². The summed E-state index contributed by atoms with van der Waals surface area (Å²) in [5.74, 6) is -0.803. The van der Waals surface area contributed by atoms with Crippen molar-refractivity contribution in [2.75, 3.05) is 5.32 Å². The zero-order valence-corrected chi connectivity index (χ0v) is 14.9. The molecule has 0 spiro atoms. The topological polar surface area (TPSA) is 85.6 Å². The number of nitrogens with zero attached hydrogens (tertiary/aromatic N) is 5. The number of amides is 1. The monoisotopic (exact) mass is 380 g/mol. The highest BCUT2D eigenvalue weighted by Crippen LogP contribution is 2.25. The molecule has 1 N–H and O–H groups in total. The van der Waals surface area contributed by atoms with E-state index in [1.54, 1.807) is 25.4 Å². The van der Waals surface area contributed by atoms with Crippen molar-refractivity contribution in [1.29, 1.82) is 0 Å². The standard InChI is InChI=1S/C18H13FN6OS/c1-25-23-15(11-5-7-12(19)8-6-11)16(24-25)17(26)22-18-21-14(10-27-18)13-4-2-3-9-20-13/h2-10H,1H3,(H,21,22,26). The van der Waals surface area contributed by atoms with Gasteiger partial charge in [-0.05, 0) is 36.4 Å². The van der Waals surface area contributed by atoms with Crippen molar-refractivity contribution in [2.24, 2.45) is 7.05 Å². The minimum Gasteiger partial charge on any atom is -0.296 e. The predicted octanol–water partition coefficient (Wildman–Crippen LogP) is 3.39. The van der Waals surface area contributed by atoms with E-state index < -0.39 is 5.91 Å². The number of pyridine rings is 1. The van der Waals surface area contributed by atoms with E-state index in [-0.39, 0.29) is 11.5 Å². The summed E-state index contributed by atoms with van der Waals surface area (Å²) in [6.45, 7) is 0. The third kappa shape index (κ3) is 3.58. The molecule has 27 heavy (non-hydrogen) atoms. The van der Waals surface area contributed by atoms with Gasteiger partial charge in [0, 0.05) is 24.2 Å². The molecule has 1 aromatic carbocycles.